The maximum atomic E-state index is 13.6. The van der Waals surface area contributed by atoms with Crippen LogP contribution in [0, 0.1) is 6.92 Å². The average molecular weight is 503 g/mol. The first-order valence-electron chi connectivity index (χ1n) is 10.4. The molecule has 33 heavy (non-hydrogen) atoms. The predicted molar refractivity (Wildman–Crippen MR) is 127 cm³/mol. The molecule has 0 aliphatic carbocycles. The van der Waals surface area contributed by atoms with E-state index in [-0.39, 0.29) is 17.9 Å². The number of benzene rings is 2. The van der Waals surface area contributed by atoms with Crippen LogP contribution in [0.5, 0.6) is 0 Å². The quantitative estimate of drug-likeness (QED) is 0.355. The van der Waals surface area contributed by atoms with Crippen LogP contribution in [-0.4, -0.2) is 26.7 Å². The highest BCUT2D eigenvalue weighted by Crippen LogP contribution is 2.41. The molecule has 1 aliphatic heterocycles. The second-order valence-electron chi connectivity index (χ2n) is 7.94. The van der Waals surface area contributed by atoms with Crippen molar-refractivity contribution >= 4 is 38.6 Å². The number of carbonyl (C=O) groups is 2. The molecule has 164 valence electrons. The summed E-state index contributed by atoms with van der Waals surface area (Å²) >= 11 is 3.42. The number of aliphatic hydroxyl groups is 1. The Hall–Kier alpha value is -3.71. The molecule has 2 aromatic heterocycles. The van der Waals surface area contributed by atoms with E-state index >= 15 is 0 Å². The largest absolute Gasteiger partial charge is 0.503 e. The highest BCUT2D eigenvalue weighted by molar-refractivity contribution is 9.10. The molecule has 1 aliphatic rings. The van der Waals surface area contributed by atoms with Crippen LogP contribution in [0.1, 0.15) is 33.3 Å². The van der Waals surface area contributed by atoms with Crippen molar-refractivity contribution < 1.29 is 19.1 Å². The number of amides is 1. The first-order chi connectivity index (χ1) is 15.9. The van der Waals surface area contributed by atoms with Crippen molar-refractivity contribution in [3.63, 3.8) is 0 Å². The van der Waals surface area contributed by atoms with E-state index in [1.54, 1.807) is 30.6 Å². The first kappa shape index (κ1) is 21.2. The summed E-state index contributed by atoms with van der Waals surface area (Å²) in [6.45, 7) is 2.11. The molecule has 1 amide bonds. The van der Waals surface area contributed by atoms with Crippen LogP contribution in [0.15, 0.2) is 93.3 Å². The third kappa shape index (κ3) is 3.74. The minimum Gasteiger partial charge on any atom is -0.503 e. The molecule has 1 unspecified atom stereocenters. The number of aryl methyl sites for hydroxylation is 1. The van der Waals surface area contributed by atoms with Gasteiger partial charge in [-0.05, 0) is 53.9 Å². The number of furan rings is 1. The Morgan fingerprint density at radius 2 is 1.97 bits per heavy atom. The monoisotopic (exact) mass is 502 g/mol. The number of aliphatic hydroxyl groups excluding tert-OH is 1. The predicted octanol–water partition coefficient (Wildman–Crippen LogP) is 5.68. The topological polar surface area (TPSA) is 83.6 Å². The van der Waals surface area contributed by atoms with Crippen LogP contribution >= 0.6 is 15.9 Å². The number of pyridine rings is 1. The van der Waals surface area contributed by atoms with Gasteiger partial charge in [-0.1, -0.05) is 46.3 Å². The summed E-state index contributed by atoms with van der Waals surface area (Å²) in [7, 11) is 0. The van der Waals surface area contributed by atoms with Crippen LogP contribution < -0.4 is 0 Å². The smallest absolute Gasteiger partial charge is 0.290 e. The van der Waals surface area contributed by atoms with E-state index in [9.17, 15) is 14.7 Å². The maximum absolute atomic E-state index is 13.6. The third-order valence-corrected chi connectivity index (χ3v) is 6.30. The molecule has 1 N–H and O–H groups in total. The van der Waals surface area contributed by atoms with Crippen LogP contribution in [-0.2, 0) is 11.3 Å². The van der Waals surface area contributed by atoms with Gasteiger partial charge in [0.15, 0.2) is 11.5 Å². The van der Waals surface area contributed by atoms with E-state index in [2.05, 4.69) is 20.9 Å². The summed E-state index contributed by atoms with van der Waals surface area (Å²) in [4.78, 5) is 32.4. The van der Waals surface area contributed by atoms with Gasteiger partial charge in [-0.2, -0.15) is 0 Å². The van der Waals surface area contributed by atoms with Crippen LogP contribution in [0.25, 0.3) is 11.0 Å². The second-order valence-corrected chi connectivity index (χ2v) is 8.85. The lowest BCUT2D eigenvalue weighted by atomic mass is 9.92. The number of Topliss-reactive ketones (excluding diaryl/α,β-unsaturated/α-hetero) is 1. The number of nitrogens with zero attached hydrogens (tertiary/aromatic N) is 2. The van der Waals surface area contributed by atoms with E-state index in [0.717, 1.165) is 26.5 Å². The lowest BCUT2D eigenvalue weighted by Gasteiger charge is -2.27. The highest BCUT2D eigenvalue weighted by atomic mass is 79.9. The van der Waals surface area contributed by atoms with Gasteiger partial charge < -0.3 is 14.4 Å². The molecule has 1 atom stereocenters. The Bertz CT molecular complexity index is 1420. The molecule has 0 radical (unpaired) electrons. The van der Waals surface area contributed by atoms with Crippen molar-refractivity contribution in [1.29, 1.82) is 0 Å². The zero-order chi connectivity index (χ0) is 23.1. The molecule has 4 aromatic rings. The van der Waals surface area contributed by atoms with Crippen LogP contribution in [0.4, 0.5) is 0 Å². The molecule has 0 fully saturated rings. The van der Waals surface area contributed by atoms with Crippen molar-refractivity contribution in [2.24, 2.45) is 0 Å². The van der Waals surface area contributed by atoms with E-state index in [4.69, 9.17) is 4.42 Å². The summed E-state index contributed by atoms with van der Waals surface area (Å²) in [6, 6.07) is 17.5. The Balaban J connectivity index is 1.62. The number of carbonyl (C=O) groups excluding carboxylic acids is 2. The van der Waals surface area contributed by atoms with Gasteiger partial charge in [0.2, 0.25) is 5.78 Å². The summed E-state index contributed by atoms with van der Waals surface area (Å²) in [5.74, 6) is -1.61. The van der Waals surface area contributed by atoms with Gasteiger partial charge in [0.25, 0.3) is 5.91 Å². The Morgan fingerprint density at radius 3 is 2.73 bits per heavy atom. The van der Waals surface area contributed by atoms with Crippen molar-refractivity contribution in [3.8, 4) is 0 Å². The highest BCUT2D eigenvalue weighted by Gasteiger charge is 2.45. The summed E-state index contributed by atoms with van der Waals surface area (Å²) in [5, 5.41) is 11.6. The minimum absolute atomic E-state index is 0.0105. The Morgan fingerprint density at radius 1 is 1.15 bits per heavy atom. The minimum atomic E-state index is -0.758. The molecule has 0 saturated carbocycles. The van der Waals surface area contributed by atoms with Crippen LogP contribution in [0.2, 0.25) is 0 Å². The van der Waals surface area contributed by atoms with E-state index in [0.29, 0.717) is 5.58 Å². The third-order valence-electron chi connectivity index (χ3n) is 5.81. The van der Waals surface area contributed by atoms with E-state index in [1.807, 2.05) is 49.4 Å². The number of ketones is 1. The van der Waals surface area contributed by atoms with Crippen molar-refractivity contribution in [1.82, 2.24) is 9.88 Å². The van der Waals surface area contributed by atoms with E-state index in [1.165, 1.54) is 4.90 Å². The second kappa shape index (κ2) is 8.33. The van der Waals surface area contributed by atoms with Gasteiger partial charge in [0.1, 0.15) is 5.58 Å². The van der Waals surface area contributed by atoms with Gasteiger partial charge in [-0.25, -0.2) is 0 Å². The van der Waals surface area contributed by atoms with Crippen molar-refractivity contribution in [2.75, 3.05) is 0 Å². The zero-order valence-electron chi connectivity index (χ0n) is 17.7. The molecule has 0 saturated heterocycles. The summed E-state index contributed by atoms with van der Waals surface area (Å²) in [5.41, 5.74) is 3.02. The van der Waals surface area contributed by atoms with Crippen LogP contribution in [0.3, 0.4) is 0 Å². The normalized spacial score (nSPS) is 16.1. The van der Waals surface area contributed by atoms with Crippen molar-refractivity contribution in [2.45, 2.75) is 19.5 Å². The van der Waals surface area contributed by atoms with Gasteiger partial charge in [-0.15, -0.1) is 0 Å². The first-order valence-corrected chi connectivity index (χ1v) is 11.2. The number of rotatable bonds is 5. The Labute approximate surface area is 198 Å². The molecule has 3 heterocycles. The molecule has 6 nitrogen and oxygen atoms in total. The summed E-state index contributed by atoms with van der Waals surface area (Å²) in [6.07, 6.45) is 3.31. The summed E-state index contributed by atoms with van der Waals surface area (Å²) < 4.78 is 6.65. The average Bonchev–Trinajstić information content (AvgIpc) is 3.34. The number of fused-ring (bicyclic) bond motifs is 1. The number of hydrogen-bond donors (Lipinski definition) is 1. The molecule has 7 heteroatoms. The standard InChI is InChI=1S/C26H19BrN2O4/c1-15-5-2-3-7-19(15)23-22(24(30)21-12-17-11-18(27)8-9-20(17)33-21)25(31)26(32)29(23)14-16-6-4-10-28-13-16/h2-13,23,31H,14H2,1H3. The maximum Gasteiger partial charge on any atom is 0.290 e. The number of halogens is 1. The molecule has 0 bridgehead atoms. The number of aromatic nitrogens is 1. The SMILES string of the molecule is Cc1ccccc1C1C(C(=O)c2cc3cc(Br)ccc3o2)=C(O)C(=O)N1Cc1cccnc1. The molecule has 5 rings (SSSR count). The fourth-order valence-electron chi connectivity index (χ4n) is 4.21. The Kier molecular flexibility index (Phi) is 5.34. The van der Waals surface area contributed by atoms with Gasteiger partial charge in [0.05, 0.1) is 11.6 Å². The fourth-order valence-corrected chi connectivity index (χ4v) is 4.59. The van der Waals surface area contributed by atoms with Gasteiger partial charge in [-0.3, -0.25) is 14.6 Å². The van der Waals surface area contributed by atoms with Crippen molar-refractivity contribution in [3.05, 3.63) is 111 Å². The molecule has 0 spiro atoms. The van der Waals surface area contributed by atoms with E-state index < -0.39 is 23.5 Å². The lowest BCUT2D eigenvalue weighted by molar-refractivity contribution is -0.130. The molecule has 2 aromatic carbocycles. The van der Waals surface area contributed by atoms with Gasteiger partial charge >= 0.3 is 0 Å². The zero-order valence-corrected chi connectivity index (χ0v) is 19.2. The molecular formula is C26H19BrN2O4. The number of hydrogen-bond acceptors (Lipinski definition) is 5. The fraction of sp³-hybridized carbons (Fsp3) is 0.115. The molecular weight excluding hydrogens is 484 g/mol. The lowest BCUT2D eigenvalue weighted by Crippen LogP contribution is -2.31. The van der Waals surface area contributed by atoms with Gasteiger partial charge in [0, 0.05) is 28.8 Å².